The summed E-state index contributed by atoms with van der Waals surface area (Å²) in [5.74, 6) is 1.85. The lowest BCUT2D eigenvalue weighted by Gasteiger charge is -2.23. The zero-order valence-corrected chi connectivity index (χ0v) is 19.3. The van der Waals surface area contributed by atoms with Gasteiger partial charge in [-0.2, -0.15) is 5.10 Å². The number of benzene rings is 2. The molecule has 0 aliphatic heterocycles. The second-order valence-corrected chi connectivity index (χ2v) is 8.66. The molecule has 168 valence electrons. The number of hydrogen-bond donors (Lipinski definition) is 1. The monoisotopic (exact) mass is 452 g/mol. The van der Waals surface area contributed by atoms with Crippen molar-refractivity contribution in [2.45, 2.75) is 39.7 Å². The van der Waals surface area contributed by atoms with Gasteiger partial charge in [0.1, 0.15) is 5.75 Å². The number of para-hydroxylation sites is 1. The van der Waals surface area contributed by atoms with Crippen LogP contribution < -0.4 is 10.1 Å². The van der Waals surface area contributed by atoms with Crippen LogP contribution in [0.2, 0.25) is 5.02 Å². The van der Waals surface area contributed by atoms with Gasteiger partial charge in [0.05, 0.1) is 23.5 Å². The average Bonchev–Trinajstić information content (AvgIpc) is 3.58. The molecule has 0 unspecified atom stereocenters. The van der Waals surface area contributed by atoms with Crippen molar-refractivity contribution in [1.29, 1.82) is 0 Å². The molecule has 2 aromatic carbocycles. The van der Waals surface area contributed by atoms with Gasteiger partial charge in [0, 0.05) is 18.1 Å². The molecule has 1 N–H and O–H groups in total. The number of aromatic nitrogens is 2. The molecule has 4 rings (SSSR count). The minimum Gasteiger partial charge on any atom is -0.439 e. The molecule has 7 heteroatoms. The van der Waals surface area contributed by atoms with Crippen LogP contribution in [-0.2, 0) is 6.54 Å². The number of carbonyl (C=O) groups excluding carboxylic acids is 1. The van der Waals surface area contributed by atoms with Crippen LogP contribution in [0.25, 0.3) is 5.69 Å². The Hall–Kier alpha value is -2.99. The molecule has 0 saturated heterocycles. The van der Waals surface area contributed by atoms with Crippen LogP contribution in [0, 0.1) is 12.8 Å². The molecule has 0 bridgehead atoms. The topological polar surface area (TPSA) is 59.4 Å². The molecule has 1 aliphatic carbocycles. The predicted molar refractivity (Wildman–Crippen MR) is 127 cm³/mol. The second kappa shape index (κ2) is 10.1. The van der Waals surface area contributed by atoms with Crippen LogP contribution in [0.3, 0.4) is 0 Å². The molecular weight excluding hydrogens is 424 g/mol. The van der Waals surface area contributed by atoms with Crippen LogP contribution in [-0.4, -0.2) is 33.8 Å². The quantitative estimate of drug-likeness (QED) is 0.436. The molecule has 1 heterocycles. The number of nitrogens with one attached hydrogen (secondary N) is 1. The molecule has 1 fully saturated rings. The lowest BCUT2D eigenvalue weighted by molar-refractivity contribution is 0.192. The van der Waals surface area contributed by atoms with Crippen molar-refractivity contribution in [3.8, 4) is 17.3 Å². The summed E-state index contributed by atoms with van der Waals surface area (Å²) < 4.78 is 8.14. The molecule has 0 spiro atoms. The molecule has 1 aliphatic rings. The summed E-state index contributed by atoms with van der Waals surface area (Å²) in [7, 11) is 0. The first kappa shape index (κ1) is 22.2. The summed E-state index contributed by atoms with van der Waals surface area (Å²) >= 11 is 6.05. The molecule has 32 heavy (non-hydrogen) atoms. The third-order valence-corrected chi connectivity index (χ3v) is 5.76. The first-order chi connectivity index (χ1) is 15.5. The first-order valence-electron chi connectivity index (χ1n) is 11.1. The van der Waals surface area contributed by atoms with Crippen molar-refractivity contribution in [1.82, 2.24) is 20.0 Å². The van der Waals surface area contributed by atoms with Gasteiger partial charge in [-0.25, -0.2) is 9.48 Å². The van der Waals surface area contributed by atoms with E-state index in [1.165, 1.54) is 12.8 Å². The molecular formula is C25H29ClN4O2. The number of carbonyl (C=O) groups is 1. The maximum Gasteiger partial charge on any atom is 0.317 e. The van der Waals surface area contributed by atoms with Crippen molar-refractivity contribution in [2.75, 3.05) is 13.1 Å². The third-order valence-electron chi connectivity index (χ3n) is 5.50. The van der Waals surface area contributed by atoms with Crippen LogP contribution in [0.4, 0.5) is 4.79 Å². The van der Waals surface area contributed by atoms with Crippen molar-refractivity contribution in [3.05, 3.63) is 70.9 Å². The highest BCUT2D eigenvalue weighted by Crippen LogP contribution is 2.34. The SMILES string of the molecule is CCCNC(=O)N(Cc1c(C)nn(-c2ccccc2)c1Oc1ccc(Cl)cc1)CC1CC1. The van der Waals surface area contributed by atoms with Crippen molar-refractivity contribution >= 4 is 17.6 Å². The third kappa shape index (κ3) is 5.43. The van der Waals surface area contributed by atoms with Gasteiger partial charge in [0.2, 0.25) is 5.88 Å². The average molecular weight is 453 g/mol. The van der Waals surface area contributed by atoms with Gasteiger partial charge >= 0.3 is 6.03 Å². The maximum absolute atomic E-state index is 12.9. The Labute approximate surface area is 194 Å². The molecule has 6 nitrogen and oxygen atoms in total. The zero-order valence-electron chi connectivity index (χ0n) is 18.6. The lowest BCUT2D eigenvalue weighted by atomic mass is 10.2. The number of hydrogen-bond acceptors (Lipinski definition) is 3. The van der Waals surface area contributed by atoms with E-state index in [0.29, 0.717) is 35.7 Å². The number of ether oxygens (including phenoxy) is 1. The normalized spacial score (nSPS) is 13.1. The summed E-state index contributed by atoms with van der Waals surface area (Å²) in [5, 5.41) is 8.44. The molecule has 1 saturated carbocycles. The number of halogens is 1. The van der Waals surface area contributed by atoms with E-state index < -0.39 is 0 Å². The van der Waals surface area contributed by atoms with Crippen LogP contribution in [0.15, 0.2) is 54.6 Å². The summed E-state index contributed by atoms with van der Waals surface area (Å²) in [6.45, 7) is 5.86. The highest BCUT2D eigenvalue weighted by molar-refractivity contribution is 6.30. The van der Waals surface area contributed by atoms with E-state index in [0.717, 1.165) is 29.9 Å². The summed E-state index contributed by atoms with van der Waals surface area (Å²) in [6, 6.07) is 17.1. The van der Waals surface area contributed by atoms with Crippen LogP contribution >= 0.6 is 11.6 Å². The Balaban J connectivity index is 1.69. The highest BCUT2D eigenvalue weighted by atomic mass is 35.5. The number of rotatable bonds is 9. The van der Waals surface area contributed by atoms with Gasteiger partial charge < -0.3 is 15.0 Å². The van der Waals surface area contributed by atoms with E-state index in [1.807, 2.05) is 54.3 Å². The Bertz CT molecular complexity index is 1050. The van der Waals surface area contributed by atoms with Gasteiger partial charge in [-0.15, -0.1) is 0 Å². The highest BCUT2D eigenvalue weighted by Gasteiger charge is 2.29. The minimum atomic E-state index is -0.0388. The van der Waals surface area contributed by atoms with E-state index >= 15 is 0 Å². The van der Waals surface area contributed by atoms with E-state index in [9.17, 15) is 4.79 Å². The van der Waals surface area contributed by atoms with Gasteiger partial charge in [0.25, 0.3) is 0 Å². The summed E-state index contributed by atoms with van der Waals surface area (Å²) in [4.78, 5) is 14.8. The van der Waals surface area contributed by atoms with Crippen molar-refractivity contribution in [2.24, 2.45) is 5.92 Å². The predicted octanol–water partition coefficient (Wildman–Crippen LogP) is 5.96. The number of amides is 2. The number of nitrogens with zero attached hydrogens (tertiary/aromatic N) is 3. The fourth-order valence-corrected chi connectivity index (χ4v) is 3.68. The van der Waals surface area contributed by atoms with Crippen LogP contribution in [0.5, 0.6) is 11.6 Å². The minimum absolute atomic E-state index is 0.0388. The molecule has 3 aromatic rings. The van der Waals surface area contributed by atoms with Gasteiger partial charge in [-0.1, -0.05) is 36.7 Å². The molecule has 0 radical (unpaired) electrons. The smallest absolute Gasteiger partial charge is 0.317 e. The van der Waals surface area contributed by atoms with Gasteiger partial charge in [-0.05, 0) is 68.5 Å². The fraction of sp³-hybridized carbons (Fsp3) is 0.360. The van der Waals surface area contributed by atoms with Crippen molar-refractivity contribution < 1.29 is 9.53 Å². The van der Waals surface area contributed by atoms with E-state index in [1.54, 1.807) is 16.8 Å². The Morgan fingerprint density at radius 3 is 2.56 bits per heavy atom. The van der Waals surface area contributed by atoms with Gasteiger partial charge in [0.15, 0.2) is 0 Å². The van der Waals surface area contributed by atoms with E-state index in [-0.39, 0.29) is 6.03 Å². The Morgan fingerprint density at radius 1 is 1.19 bits per heavy atom. The first-order valence-corrected chi connectivity index (χ1v) is 11.5. The fourth-order valence-electron chi connectivity index (χ4n) is 3.55. The zero-order chi connectivity index (χ0) is 22.5. The van der Waals surface area contributed by atoms with Crippen LogP contribution in [0.1, 0.15) is 37.4 Å². The second-order valence-electron chi connectivity index (χ2n) is 8.23. The molecule has 2 amide bonds. The summed E-state index contributed by atoms with van der Waals surface area (Å²) in [6.07, 6.45) is 3.25. The van der Waals surface area contributed by atoms with Gasteiger partial charge in [-0.3, -0.25) is 0 Å². The summed E-state index contributed by atoms with van der Waals surface area (Å²) in [5.41, 5.74) is 2.63. The number of aryl methyl sites for hydroxylation is 1. The van der Waals surface area contributed by atoms with E-state index in [4.69, 9.17) is 21.4 Å². The largest absolute Gasteiger partial charge is 0.439 e. The molecule has 1 aromatic heterocycles. The van der Waals surface area contributed by atoms with E-state index in [2.05, 4.69) is 12.2 Å². The maximum atomic E-state index is 12.9. The Kier molecular flexibility index (Phi) is 7.00. The van der Waals surface area contributed by atoms with Crippen molar-refractivity contribution in [3.63, 3.8) is 0 Å². The molecule has 0 atom stereocenters. The number of urea groups is 1. The lowest BCUT2D eigenvalue weighted by Crippen LogP contribution is -2.41. The Morgan fingerprint density at radius 2 is 1.91 bits per heavy atom. The standard InChI is InChI=1S/C25H29ClN4O2/c1-3-15-27-25(31)29(16-19-9-10-19)17-23-18(2)28-30(21-7-5-4-6-8-21)24(23)32-22-13-11-20(26)12-14-22/h4-8,11-14,19H,3,9-10,15-17H2,1-2H3,(H,27,31).